The molecule has 0 bridgehead atoms. The third kappa shape index (κ3) is 3.47. The fourth-order valence-electron chi connectivity index (χ4n) is 3.40. The van der Waals surface area contributed by atoms with Gasteiger partial charge in [0.05, 0.1) is 11.4 Å². The van der Waals surface area contributed by atoms with Gasteiger partial charge in [-0.3, -0.25) is 14.6 Å². The van der Waals surface area contributed by atoms with Gasteiger partial charge in [-0.05, 0) is 47.9 Å². The van der Waals surface area contributed by atoms with Crippen molar-refractivity contribution in [1.29, 1.82) is 0 Å². The normalized spacial score (nSPS) is 16.2. The monoisotopic (exact) mass is 369 g/mol. The second-order valence-electron chi connectivity index (χ2n) is 6.74. The Morgan fingerprint density at radius 3 is 2.46 bits per heavy atom. The smallest absolute Gasteiger partial charge is 0.263 e. The average Bonchev–Trinajstić information content (AvgIpc) is 3.03. The zero-order valence-corrected chi connectivity index (χ0v) is 15.4. The molecule has 1 aliphatic heterocycles. The molecule has 5 heteroatoms. The number of amides is 1. The largest absolute Gasteiger partial charge is 0.298 e. The molecule has 138 valence electrons. The van der Waals surface area contributed by atoms with Crippen LogP contribution in [-0.4, -0.2) is 22.4 Å². The van der Waals surface area contributed by atoms with E-state index in [9.17, 15) is 9.59 Å². The lowest BCUT2D eigenvalue weighted by Crippen LogP contribution is -2.33. The number of aromatic nitrogens is 1. The lowest BCUT2D eigenvalue weighted by atomic mass is 9.93. The number of nitrogens with zero attached hydrogens (tertiary/aromatic N) is 3. The Hall–Kier alpha value is -3.60. The second kappa shape index (κ2) is 7.56. The number of rotatable bonds is 5. The highest BCUT2D eigenvalue weighted by atomic mass is 16.2. The van der Waals surface area contributed by atoms with Crippen molar-refractivity contribution in [3.8, 4) is 11.1 Å². The number of ketones is 1. The van der Waals surface area contributed by atoms with Gasteiger partial charge in [0.2, 0.25) is 0 Å². The molecule has 2 aromatic carbocycles. The van der Waals surface area contributed by atoms with E-state index >= 15 is 0 Å². The van der Waals surface area contributed by atoms with E-state index < -0.39 is 5.92 Å². The molecule has 5 nitrogen and oxygen atoms in total. The summed E-state index contributed by atoms with van der Waals surface area (Å²) in [6.45, 7) is 1.73. The predicted octanol–water partition coefficient (Wildman–Crippen LogP) is 3.90. The first-order valence-electron chi connectivity index (χ1n) is 9.09. The summed E-state index contributed by atoms with van der Waals surface area (Å²) < 4.78 is 0. The van der Waals surface area contributed by atoms with Crippen molar-refractivity contribution in [2.24, 2.45) is 11.0 Å². The highest BCUT2D eigenvalue weighted by molar-refractivity contribution is 6.27. The lowest BCUT2D eigenvalue weighted by Gasteiger charge is -2.14. The van der Waals surface area contributed by atoms with Gasteiger partial charge in [0.15, 0.2) is 5.78 Å². The van der Waals surface area contributed by atoms with Crippen molar-refractivity contribution in [3.05, 3.63) is 84.7 Å². The van der Waals surface area contributed by atoms with Gasteiger partial charge in [-0.15, -0.1) is 0 Å². The number of carbonyl (C=O) groups is 2. The van der Waals surface area contributed by atoms with Gasteiger partial charge in [0.25, 0.3) is 5.91 Å². The Kier molecular flexibility index (Phi) is 4.81. The van der Waals surface area contributed by atoms with Crippen molar-refractivity contribution in [3.63, 3.8) is 0 Å². The number of para-hydroxylation sites is 1. The molecule has 1 aliphatic rings. The van der Waals surface area contributed by atoms with Crippen LogP contribution in [0.3, 0.4) is 0 Å². The number of carbonyl (C=O) groups excluding carboxylic acids is 2. The first kappa shape index (κ1) is 17.8. The highest BCUT2D eigenvalue weighted by Crippen LogP contribution is 2.26. The lowest BCUT2D eigenvalue weighted by molar-refractivity contribution is -0.128. The molecule has 0 fully saturated rings. The summed E-state index contributed by atoms with van der Waals surface area (Å²) >= 11 is 0. The van der Waals surface area contributed by atoms with Crippen LogP contribution >= 0.6 is 0 Å². The van der Waals surface area contributed by atoms with Crippen LogP contribution in [0.25, 0.3) is 11.1 Å². The molecule has 0 spiro atoms. The van der Waals surface area contributed by atoms with Crippen molar-refractivity contribution in [1.82, 2.24) is 4.98 Å². The van der Waals surface area contributed by atoms with Crippen molar-refractivity contribution < 1.29 is 9.59 Å². The summed E-state index contributed by atoms with van der Waals surface area (Å²) in [5, 5.41) is 5.65. The van der Waals surface area contributed by atoms with Crippen LogP contribution in [0.4, 0.5) is 5.69 Å². The summed E-state index contributed by atoms with van der Waals surface area (Å²) in [7, 11) is 0. The fourth-order valence-corrected chi connectivity index (χ4v) is 3.40. The van der Waals surface area contributed by atoms with Crippen LogP contribution < -0.4 is 5.01 Å². The molecule has 0 saturated heterocycles. The van der Waals surface area contributed by atoms with Crippen molar-refractivity contribution in [2.45, 2.75) is 13.3 Å². The summed E-state index contributed by atoms with van der Waals surface area (Å²) in [4.78, 5) is 29.8. The maximum atomic E-state index is 12.9. The van der Waals surface area contributed by atoms with E-state index in [1.165, 1.54) is 5.01 Å². The second-order valence-corrected chi connectivity index (χ2v) is 6.74. The molecular formula is C23H19N3O2. The Morgan fingerprint density at radius 1 is 0.964 bits per heavy atom. The molecule has 1 unspecified atom stereocenters. The zero-order chi connectivity index (χ0) is 19.5. The van der Waals surface area contributed by atoms with E-state index in [1.54, 1.807) is 31.5 Å². The molecule has 28 heavy (non-hydrogen) atoms. The number of hydrogen-bond donors (Lipinski definition) is 0. The summed E-state index contributed by atoms with van der Waals surface area (Å²) in [6, 6.07) is 20.8. The maximum absolute atomic E-state index is 12.9. The first-order chi connectivity index (χ1) is 13.6. The van der Waals surface area contributed by atoms with Gasteiger partial charge in [-0.2, -0.15) is 10.1 Å². The molecule has 4 rings (SSSR count). The molecule has 1 aromatic heterocycles. The average molecular weight is 369 g/mol. The Morgan fingerprint density at radius 2 is 1.71 bits per heavy atom. The summed E-state index contributed by atoms with van der Waals surface area (Å²) in [5.41, 5.74) is 4.13. The fraction of sp³-hybridized carbons (Fsp3) is 0.130. The molecule has 0 radical (unpaired) electrons. The Labute approximate surface area is 163 Å². The van der Waals surface area contributed by atoms with Crippen LogP contribution in [-0.2, 0) is 16.0 Å². The number of anilines is 1. The quantitative estimate of drug-likeness (QED) is 0.641. The topological polar surface area (TPSA) is 62.6 Å². The first-order valence-corrected chi connectivity index (χ1v) is 9.09. The van der Waals surface area contributed by atoms with Gasteiger partial charge in [-0.1, -0.05) is 42.5 Å². The molecule has 2 heterocycles. The van der Waals surface area contributed by atoms with Gasteiger partial charge in [-0.25, -0.2) is 0 Å². The number of benzene rings is 2. The van der Waals surface area contributed by atoms with Crippen LogP contribution in [0.5, 0.6) is 0 Å². The van der Waals surface area contributed by atoms with E-state index in [4.69, 9.17) is 0 Å². The van der Waals surface area contributed by atoms with Crippen LogP contribution in [0.2, 0.25) is 0 Å². The Bertz CT molecular complexity index is 1050. The molecular weight excluding hydrogens is 350 g/mol. The highest BCUT2D eigenvalue weighted by Gasteiger charge is 2.39. The number of pyridine rings is 1. The van der Waals surface area contributed by atoms with Crippen molar-refractivity contribution in [2.75, 3.05) is 5.01 Å². The maximum Gasteiger partial charge on any atom is 0.263 e. The molecule has 0 N–H and O–H groups in total. The Balaban J connectivity index is 1.53. The SMILES string of the molecule is CC1=NN(c2ccccc2)C(=O)C1C(=O)Cc1cccc(-c2ccncc2)c1. The van der Waals surface area contributed by atoms with Crippen molar-refractivity contribution >= 4 is 23.1 Å². The van der Waals surface area contributed by atoms with Gasteiger partial charge >= 0.3 is 0 Å². The molecule has 1 amide bonds. The number of hydrazone groups is 1. The van der Waals surface area contributed by atoms with Crippen LogP contribution in [0, 0.1) is 5.92 Å². The minimum atomic E-state index is -0.829. The van der Waals surface area contributed by atoms with Gasteiger partial charge in [0, 0.05) is 18.8 Å². The van der Waals surface area contributed by atoms with E-state index in [0.717, 1.165) is 16.7 Å². The summed E-state index contributed by atoms with van der Waals surface area (Å²) in [6.07, 6.45) is 3.66. The van der Waals surface area contributed by atoms with Crippen LogP contribution in [0.15, 0.2) is 84.2 Å². The molecule has 0 aliphatic carbocycles. The van der Waals surface area contributed by atoms with E-state index in [0.29, 0.717) is 11.4 Å². The molecule has 3 aromatic rings. The number of Topliss-reactive ketones (excluding diaryl/α,β-unsaturated/α-hetero) is 1. The van der Waals surface area contributed by atoms with Crippen LogP contribution in [0.1, 0.15) is 12.5 Å². The van der Waals surface area contributed by atoms with E-state index in [-0.39, 0.29) is 18.1 Å². The zero-order valence-electron chi connectivity index (χ0n) is 15.4. The number of hydrogen-bond acceptors (Lipinski definition) is 4. The summed E-state index contributed by atoms with van der Waals surface area (Å²) in [5.74, 6) is -1.26. The minimum Gasteiger partial charge on any atom is -0.298 e. The minimum absolute atomic E-state index is 0.142. The van der Waals surface area contributed by atoms with E-state index in [1.807, 2.05) is 54.6 Å². The predicted molar refractivity (Wildman–Crippen MR) is 109 cm³/mol. The standard InChI is InChI=1S/C23H19N3O2/c1-16-22(23(28)26(25-16)20-8-3-2-4-9-20)21(27)15-17-6-5-7-19(14-17)18-10-12-24-13-11-18/h2-14,22H,15H2,1H3. The van der Waals surface area contributed by atoms with Gasteiger partial charge < -0.3 is 0 Å². The van der Waals surface area contributed by atoms with Gasteiger partial charge in [0.1, 0.15) is 5.92 Å². The third-order valence-corrected chi connectivity index (χ3v) is 4.77. The molecule has 1 atom stereocenters. The molecule has 0 saturated carbocycles. The van der Waals surface area contributed by atoms with E-state index in [2.05, 4.69) is 10.1 Å². The third-order valence-electron chi connectivity index (χ3n) is 4.77.